The van der Waals surface area contributed by atoms with E-state index in [9.17, 15) is 14.0 Å². The van der Waals surface area contributed by atoms with Gasteiger partial charge in [-0.3, -0.25) is 4.79 Å². The molecule has 2 amide bonds. The molecule has 1 N–H and O–H groups in total. The number of aryl methyl sites for hydroxylation is 1. The lowest BCUT2D eigenvalue weighted by Crippen LogP contribution is -2.50. The number of hydrogen-bond acceptors (Lipinski definition) is 3. The molecule has 3 rings (SSSR count). The van der Waals surface area contributed by atoms with E-state index in [4.69, 9.17) is 11.6 Å². The number of Topliss-reactive ketones (excluding diaryl/α,β-unsaturated/α-hetero) is 1. The summed E-state index contributed by atoms with van der Waals surface area (Å²) < 4.78 is 14.3. The molecule has 1 aliphatic heterocycles. The summed E-state index contributed by atoms with van der Waals surface area (Å²) in [6.45, 7) is 5.28. The Bertz CT molecular complexity index is 880. The normalized spacial score (nSPS) is 14.2. The number of urea groups is 1. The number of piperazine rings is 1. The lowest BCUT2D eigenvalue weighted by molar-refractivity contribution is 0.101. The molecule has 142 valence electrons. The van der Waals surface area contributed by atoms with E-state index in [1.807, 2.05) is 17.9 Å². The van der Waals surface area contributed by atoms with Crippen LogP contribution in [0, 0.1) is 12.7 Å². The van der Waals surface area contributed by atoms with Crippen LogP contribution in [0.15, 0.2) is 36.4 Å². The average molecular weight is 390 g/mol. The van der Waals surface area contributed by atoms with Gasteiger partial charge in [-0.15, -0.1) is 0 Å². The van der Waals surface area contributed by atoms with Crippen molar-refractivity contribution in [1.29, 1.82) is 0 Å². The number of anilines is 2. The molecule has 5 nitrogen and oxygen atoms in total. The second kappa shape index (κ2) is 7.96. The van der Waals surface area contributed by atoms with E-state index in [0.717, 1.165) is 5.56 Å². The zero-order valence-electron chi connectivity index (χ0n) is 15.3. The van der Waals surface area contributed by atoms with Crippen molar-refractivity contribution in [3.8, 4) is 0 Å². The van der Waals surface area contributed by atoms with Crippen molar-refractivity contribution in [3.63, 3.8) is 0 Å². The standard InChI is InChI=1S/C20H21ClFN3O2/c1-13-3-5-16(12-17(13)21)23-20(27)25-9-7-24(8-10-25)19-6-4-15(14(2)26)11-18(19)22/h3-6,11-12H,7-10H2,1-2H3,(H,23,27). The Morgan fingerprint density at radius 2 is 1.78 bits per heavy atom. The van der Waals surface area contributed by atoms with Crippen LogP contribution >= 0.6 is 11.6 Å². The second-order valence-corrected chi connectivity index (χ2v) is 7.00. The number of rotatable bonds is 3. The van der Waals surface area contributed by atoms with Crippen LogP contribution in [-0.4, -0.2) is 42.9 Å². The van der Waals surface area contributed by atoms with Crippen LogP contribution in [0.4, 0.5) is 20.6 Å². The molecule has 1 saturated heterocycles. The van der Waals surface area contributed by atoms with Crippen molar-refractivity contribution in [3.05, 3.63) is 58.4 Å². The summed E-state index contributed by atoms with van der Waals surface area (Å²) >= 11 is 6.09. The zero-order chi connectivity index (χ0) is 19.6. The maximum atomic E-state index is 14.3. The summed E-state index contributed by atoms with van der Waals surface area (Å²) in [5.41, 5.74) is 2.39. The van der Waals surface area contributed by atoms with Crippen molar-refractivity contribution in [1.82, 2.24) is 4.90 Å². The summed E-state index contributed by atoms with van der Waals surface area (Å²) in [6, 6.07) is 9.68. The number of amides is 2. The van der Waals surface area contributed by atoms with Crippen LogP contribution < -0.4 is 10.2 Å². The third kappa shape index (κ3) is 4.39. The van der Waals surface area contributed by atoms with Gasteiger partial charge < -0.3 is 15.1 Å². The van der Waals surface area contributed by atoms with Gasteiger partial charge in [0.2, 0.25) is 0 Å². The van der Waals surface area contributed by atoms with Crippen LogP contribution in [0.3, 0.4) is 0 Å². The highest BCUT2D eigenvalue weighted by atomic mass is 35.5. The van der Waals surface area contributed by atoms with Crippen LogP contribution in [0.5, 0.6) is 0 Å². The Morgan fingerprint density at radius 3 is 2.37 bits per heavy atom. The lowest BCUT2D eigenvalue weighted by Gasteiger charge is -2.36. The van der Waals surface area contributed by atoms with Crippen molar-refractivity contribution in [2.75, 3.05) is 36.4 Å². The summed E-state index contributed by atoms with van der Waals surface area (Å²) in [5, 5.41) is 3.44. The number of hydrogen-bond donors (Lipinski definition) is 1. The molecule has 1 aliphatic rings. The lowest BCUT2D eigenvalue weighted by atomic mass is 10.1. The number of halogens is 2. The first kappa shape index (κ1) is 19.2. The van der Waals surface area contributed by atoms with Crippen molar-refractivity contribution in [2.45, 2.75) is 13.8 Å². The van der Waals surface area contributed by atoms with Gasteiger partial charge in [0, 0.05) is 42.5 Å². The number of nitrogens with one attached hydrogen (secondary N) is 1. The molecule has 27 heavy (non-hydrogen) atoms. The number of benzene rings is 2. The molecule has 0 atom stereocenters. The second-order valence-electron chi connectivity index (χ2n) is 6.59. The van der Waals surface area contributed by atoms with Crippen LogP contribution in [0.1, 0.15) is 22.8 Å². The molecule has 7 heteroatoms. The third-order valence-corrected chi connectivity index (χ3v) is 5.09. The van der Waals surface area contributed by atoms with Gasteiger partial charge in [0.1, 0.15) is 5.82 Å². The first-order valence-electron chi connectivity index (χ1n) is 8.72. The predicted octanol–water partition coefficient (Wildman–Crippen LogP) is 4.34. The number of nitrogens with zero attached hydrogens (tertiary/aromatic N) is 2. The van der Waals surface area contributed by atoms with Gasteiger partial charge >= 0.3 is 6.03 Å². The van der Waals surface area contributed by atoms with Crippen molar-refractivity contribution >= 4 is 34.8 Å². The van der Waals surface area contributed by atoms with Gasteiger partial charge in [0.15, 0.2) is 5.78 Å². The van der Waals surface area contributed by atoms with E-state index in [1.54, 1.807) is 29.2 Å². The first-order valence-corrected chi connectivity index (χ1v) is 9.10. The first-order chi connectivity index (χ1) is 12.8. The summed E-state index contributed by atoms with van der Waals surface area (Å²) in [4.78, 5) is 27.4. The molecule has 2 aromatic rings. The van der Waals surface area contributed by atoms with E-state index >= 15 is 0 Å². The van der Waals surface area contributed by atoms with E-state index in [0.29, 0.717) is 48.1 Å². The molecular formula is C20H21ClFN3O2. The van der Waals surface area contributed by atoms with Gasteiger partial charge in [-0.05, 0) is 49.7 Å². The number of carbonyl (C=O) groups excluding carboxylic acids is 2. The monoisotopic (exact) mass is 389 g/mol. The van der Waals surface area contributed by atoms with Gasteiger partial charge in [0.25, 0.3) is 0 Å². The molecule has 1 fully saturated rings. The topological polar surface area (TPSA) is 52.7 Å². The Kier molecular flexibility index (Phi) is 5.65. The Labute approximate surface area is 162 Å². The number of ketones is 1. The SMILES string of the molecule is CC(=O)c1ccc(N2CCN(C(=O)Nc3ccc(C)c(Cl)c3)CC2)c(F)c1. The average Bonchev–Trinajstić information content (AvgIpc) is 2.64. The minimum atomic E-state index is -0.421. The minimum absolute atomic E-state index is 0.168. The molecule has 0 bridgehead atoms. The quantitative estimate of drug-likeness (QED) is 0.794. The zero-order valence-corrected chi connectivity index (χ0v) is 16.0. The number of carbonyl (C=O) groups is 2. The molecule has 0 spiro atoms. The van der Waals surface area contributed by atoms with E-state index in [-0.39, 0.29) is 11.8 Å². The highest BCUT2D eigenvalue weighted by Crippen LogP contribution is 2.23. The van der Waals surface area contributed by atoms with Crippen molar-refractivity contribution in [2.24, 2.45) is 0 Å². The smallest absolute Gasteiger partial charge is 0.321 e. The van der Waals surface area contributed by atoms with Crippen LogP contribution in [0.2, 0.25) is 5.02 Å². The fourth-order valence-corrected chi connectivity index (χ4v) is 3.19. The highest BCUT2D eigenvalue weighted by molar-refractivity contribution is 6.31. The third-order valence-electron chi connectivity index (χ3n) is 4.68. The van der Waals surface area contributed by atoms with Crippen molar-refractivity contribution < 1.29 is 14.0 Å². The Balaban J connectivity index is 1.60. The maximum Gasteiger partial charge on any atom is 0.321 e. The highest BCUT2D eigenvalue weighted by Gasteiger charge is 2.23. The Hall–Kier alpha value is -2.60. The molecule has 0 aromatic heterocycles. The maximum absolute atomic E-state index is 14.3. The molecule has 0 radical (unpaired) electrons. The van der Waals surface area contributed by atoms with Crippen LogP contribution in [-0.2, 0) is 0 Å². The van der Waals surface area contributed by atoms with Gasteiger partial charge in [-0.25, -0.2) is 9.18 Å². The fraction of sp³-hybridized carbons (Fsp3) is 0.300. The largest absolute Gasteiger partial charge is 0.366 e. The van der Waals surface area contributed by atoms with E-state index in [1.165, 1.54) is 13.0 Å². The predicted molar refractivity (Wildman–Crippen MR) is 105 cm³/mol. The van der Waals surface area contributed by atoms with Gasteiger partial charge in [0.05, 0.1) is 5.69 Å². The molecule has 2 aromatic carbocycles. The summed E-state index contributed by atoms with van der Waals surface area (Å²) in [5.74, 6) is -0.590. The fourth-order valence-electron chi connectivity index (χ4n) is 3.01. The Morgan fingerprint density at radius 1 is 1.07 bits per heavy atom. The molecular weight excluding hydrogens is 369 g/mol. The van der Waals surface area contributed by atoms with E-state index in [2.05, 4.69) is 5.32 Å². The summed E-state index contributed by atoms with van der Waals surface area (Å²) in [6.07, 6.45) is 0. The minimum Gasteiger partial charge on any atom is -0.366 e. The van der Waals surface area contributed by atoms with Gasteiger partial charge in [-0.1, -0.05) is 17.7 Å². The summed E-state index contributed by atoms with van der Waals surface area (Å²) in [7, 11) is 0. The molecule has 0 saturated carbocycles. The van der Waals surface area contributed by atoms with Crippen LogP contribution in [0.25, 0.3) is 0 Å². The molecule has 0 unspecified atom stereocenters. The van der Waals surface area contributed by atoms with Gasteiger partial charge in [-0.2, -0.15) is 0 Å². The molecule has 0 aliphatic carbocycles. The molecule has 1 heterocycles. The van der Waals surface area contributed by atoms with E-state index < -0.39 is 5.82 Å².